The summed E-state index contributed by atoms with van der Waals surface area (Å²) in [5.74, 6) is -0.113. The third kappa shape index (κ3) is 0.892. The van der Waals surface area contributed by atoms with Crippen molar-refractivity contribution in [3.8, 4) is 0 Å². The monoisotopic (exact) mass is 144 g/mol. The van der Waals surface area contributed by atoms with Gasteiger partial charge >= 0.3 is 0 Å². The van der Waals surface area contributed by atoms with Crippen molar-refractivity contribution in [2.45, 2.75) is 6.42 Å². The number of hydrogen-bond acceptors (Lipinski definition) is 3. The van der Waals surface area contributed by atoms with Crippen molar-refractivity contribution in [3.05, 3.63) is 0 Å². The lowest BCUT2D eigenvalue weighted by Crippen LogP contribution is -2.41. The van der Waals surface area contributed by atoms with Gasteiger partial charge in [-0.15, -0.1) is 0 Å². The predicted octanol–water partition coefficient (Wildman–Crippen LogP) is -1.56. The van der Waals surface area contributed by atoms with E-state index in [9.17, 15) is 4.79 Å². The number of hydrogen-bond donors (Lipinski definition) is 3. The molecule has 1 rings (SSSR count). The number of aliphatic hydroxyl groups is 1. The van der Waals surface area contributed by atoms with E-state index in [0.717, 1.165) is 0 Å². The predicted molar refractivity (Wildman–Crippen MR) is 36.2 cm³/mol. The molecule has 0 aliphatic carbocycles. The first-order valence-electron chi connectivity index (χ1n) is 3.34. The Morgan fingerprint density at radius 2 is 2.50 bits per heavy atom. The highest BCUT2D eigenvalue weighted by atomic mass is 16.3. The lowest BCUT2D eigenvalue weighted by Gasteiger charge is -2.19. The second-order valence-corrected chi connectivity index (χ2v) is 2.65. The summed E-state index contributed by atoms with van der Waals surface area (Å²) in [6.07, 6.45) is 0.652. The van der Waals surface area contributed by atoms with Gasteiger partial charge in [0.15, 0.2) is 0 Å². The van der Waals surface area contributed by atoms with Crippen LogP contribution in [-0.4, -0.2) is 30.7 Å². The Morgan fingerprint density at radius 1 is 1.80 bits per heavy atom. The highest BCUT2D eigenvalue weighted by molar-refractivity contribution is 5.85. The van der Waals surface area contributed by atoms with Gasteiger partial charge < -0.3 is 16.2 Å². The molecule has 0 aromatic rings. The van der Waals surface area contributed by atoms with Gasteiger partial charge in [-0.25, -0.2) is 0 Å². The molecule has 4 nitrogen and oxygen atoms in total. The number of carbonyl (C=O) groups excluding carboxylic acids is 1. The van der Waals surface area contributed by atoms with Crippen molar-refractivity contribution in [3.63, 3.8) is 0 Å². The molecule has 4 N–H and O–H groups in total. The lowest BCUT2D eigenvalue weighted by atomic mass is 9.88. The molecule has 1 aliphatic heterocycles. The third-order valence-corrected chi connectivity index (χ3v) is 2.06. The Morgan fingerprint density at radius 3 is 2.70 bits per heavy atom. The van der Waals surface area contributed by atoms with Gasteiger partial charge in [-0.2, -0.15) is 0 Å². The van der Waals surface area contributed by atoms with Crippen LogP contribution in [-0.2, 0) is 4.79 Å². The molecule has 1 aliphatic rings. The fourth-order valence-corrected chi connectivity index (χ4v) is 1.13. The van der Waals surface area contributed by atoms with Gasteiger partial charge in [-0.3, -0.25) is 4.79 Å². The van der Waals surface area contributed by atoms with Gasteiger partial charge in [0.2, 0.25) is 5.91 Å². The zero-order chi connectivity index (χ0) is 7.61. The molecule has 0 spiro atoms. The van der Waals surface area contributed by atoms with Crippen molar-refractivity contribution < 1.29 is 9.90 Å². The first-order chi connectivity index (χ1) is 4.75. The molecule has 0 bridgehead atoms. The van der Waals surface area contributed by atoms with E-state index in [1.165, 1.54) is 0 Å². The Balaban J connectivity index is 2.71. The van der Waals surface area contributed by atoms with E-state index in [-0.39, 0.29) is 19.1 Å². The average molecular weight is 144 g/mol. The SMILES string of the molecule is NCC1(CO)CCNC1=O. The van der Waals surface area contributed by atoms with Crippen LogP contribution in [0, 0.1) is 5.41 Å². The summed E-state index contributed by atoms with van der Waals surface area (Å²) in [6, 6.07) is 0. The Kier molecular flexibility index (Phi) is 1.92. The van der Waals surface area contributed by atoms with E-state index < -0.39 is 5.41 Å². The molecular weight excluding hydrogens is 132 g/mol. The van der Waals surface area contributed by atoms with Gasteiger partial charge in [0, 0.05) is 13.1 Å². The molecule has 0 radical (unpaired) electrons. The molecule has 1 heterocycles. The molecule has 1 fully saturated rings. The number of nitrogens with two attached hydrogens (primary N) is 1. The standard InChI is InChI=1S/C6H12N2O2/c7-3-6(4-9)1-2-8-5(6)10/h9H,1-4,7H2,(H,8,10). The first kappa shape index (κ1) is 7.50. The van der Waals surface area contributed by atoms with Crippen LogP contribution in [0.4, 0.5) is 0 Å². The smallest absolute Gasteiger partial charge is 0.229 e. The minimum Gasteiger partial charge on any atom is -0.395 e. The van der Waals surface area contributed by atoms with Crippen molar-refractivity contribution in [2.75, 3.05) is 19.7 Å². The van der Waals surface area contributed by atoms with Crippen molar-refractivity contribution in [1.82, 2.24) is 5.32 Å². The van der Waals surface area contributed by atoms with Crippen LogP contribution < -0.4 is 11.1 Å². The van der Waals surface area contributed by atoms with E-state index in [1.54, 1.807) is 0 Å². The molecule has 1 unspecified atom stereocenters. The van der Waals surface area contributed by atoms with Crippen LogP contribution in [0.15, 0.2) is 0 Å². The summed E-state index contributed by atoms with van der Waals surface area (Å²) in [5, 5.41) is 11.5. The maximum Gasteiger partial charge on any atom is 0.229 e. The van der Waals surface area contributed by atoms with Crippen LogP contribution in [0.1, 0.15) is 6.42 Å². The maximum atomic E-state index is 11.0. The van der Waals surface area contributed by atoms with Crippen molar-refractivity contribution in [1.29, 1.82) is 0 Å². The van der Waals surface area contributed by atoms with Gasteiger partial charge in [0.1, 0.15) is 0 Å². The van der Waals surface area contributed by atoms with Crippen LogP contribution in [0.2, 0.25) is 0 Å². The largest absolute Gasteiger partial charge is 0.395 e. The number of carbonyl (C=O) groups is 1. The second-order valence-electron chi connectivity index (χ2n) is 2.65. The molecular formula is C6H12N2O2. The van der Waals surface area contributed by atoms with E-state index in [0.29, 0.717) is 13.0 Å². The quantitative estimate of drug-likeness (QED) is 0.439. The Bertz CT molecular complexity index is 143. The summed E-state index contributed by atoms with van der Waals surface area (Å²) in [4.78, 5) is 11.0. The minimum absolute atomic E-state index is 0.113. The average Bonchev–Trinajstić information content (AvgIpc) is 2.32. The van der Waals surface area contributed by atoms with E-state index >= 15 is 0 Å². The zero-order valence-electron chi connectivity index (χ0n) is 5.76. The summed E-state index contributed by atoms with van der Waals surface area (Å²) in [5.41, 5.74) is 4.67. The van der Waals surface area contributed by atoms with E-state index in [4.69, 9.17) is 10.8 Å². The fourth-order valence-electron chi connectivity index (χ4n) is 1.13. The minimum atomic E-state index is -0.681. The summed E-state index contributed by atoms with van der Waals surface area (Å²) in [6.45, 7) is 0.723. The van der Waals surface area contributed by atoms with E-state index in [1.807, 2.05) is 0 Å². The lowest BCUT2D eigenvalue weighted by molar-refractivity contribution is -0.129. The molecule has 1 amide bonds. The maximum absolute atomic E-state index is 11.0. The molecule has 58 valence electrons. The molecule has 1 saturated heterocycles. The zero-order valence-corrected chi connectivity index (χ0v) is 5.76. The van der Waals surface area contributed by atoms with Gasteiger partial charge in [0.05, 0.1) is 12.0 Å². The molecule has 1 atom stereocenters. The van der Waals surface area contributed by atoms with Crippen LogP contribution in [0.3, 0.4) is 0 Å². The first-order valence-corrected chi connectivity index (χ1v) is 3.34. The van der Waals surface area contributed by atoms with Crippen molar-refractivity contribution in [2.24, 2.45) is 11.1 Å². The number of amides is 1. The Labute approximate surface area is 59.4 Å². The van der Waals surface area contributed by atoms with Crippen molar-refractivity contribution >= 4 is 5.91 Å². The number of aliphatic hydroxyl groups excluding tert-OH is 1. The highest BCUT2D eigenvalue weighted by Gasteiger charge is 2.40. The molecule has 0 aromatic heterocycles. The van der Waals surface area contributed by atoms with Crippen LogP contribution in [0.25, 0.3) is 0 Å². The van der Waals surface area contributed by atoms with Gasteiger partial charge in [-0.05, 0) is 6.42 Å². The highest BCUT2D eigenvalue weighted by Crippen LogP contribution is 2.23. The Hall–Kier alpha value is -0.610. The van der Waals surface area contributed by atoms with Gasteiger partial charge in [0.25, 0.3) is 0 Å². The van der Waals surface area contributed by atoms with Crippen LogP contribution in [0.5, 0.6) is 0 Å². The summed E-state index contributed by atoms with van der Waals surface area (Å²) in [7, 11) is 0. The molecule has 10 heavy (non-hydrogen) atoms. The second kappa shape index (κ2) is 2.56. The van der Waals surface area contributed by atoms with Crippen LogP contribution >= 0.6 is 0 Å². The fraction of sp³-hybridized carbons (Fsp3) is 0.833. The number of rotatable bonds is 2. The normalized spacial score (nSPS) is 32.4. The molecule has 4 heteroatoms. The third-order valence-electron chi connectivity index (χ3n) is 2.06. The molecule has 0 saturated carbocycles. The topological polar surface area (TPSA) is 75.3 Å². The molecule has 0 aromatic carbocycles. The summed E-state index contributed by atoms with van der Waals surface area (Å²) >= 11 is 0. The van der Waals surface area contributed by atoms with E-state index in [2.05, 4.69) is 5.32 Å². The van der Waals surface area contributed by atoms with Gasteiger partial charge in [-0.1, -0.05) is 0 Å². The number of nitrogens with one attached hydrogen (secondary N) is 1. The summed E-state index contributed by atoms with van der Waals surface area (Å²) < 4.78 is 0.